The molecule has 7 heteroatoms. The average molecular weight is 615 g/mol. The van der Waals surface area contributed by atoms with E-state index in [0.717, 1.165) is 35.0 Å². The molecule has 1 fully saturated rings. The van der Waals surface area contributed by atoms with Crippen LogP contribution in [0.3, 0.4) is 0 Å². The zero-order chi connectivity index (χ0) is 31.4. The highest BCUT2D eigenvalue weighted by molar-refractivity contribution is 6.32. The van der Waals surface area contributed by atoms with E-state index >= 15 is 0 Å². The van der Waals surface area contributed by atoms with Gasteiger partial charge in [0.2, 0.25) is 0 Å². The molecule has 1 aliphatic rings. The Hall–Kier alpha value is -3.77. The minimum Gasteiger partial charge on any atom is -0.477 e. The predicted octanol–water partition coefficient (Wildman–Crippen LogP) is 8.38. The topological polar surface area (TPSA) is 69.6 Å². The first-order valence-corrected chi connectivity index (χ1v) is 16.1. The monoisotopic (exact) mass is 614 g/mol. The number of aryl methyl sites for hydroxylation is 1. The Morgan fingerprint density at radius 2 is 1.75 bits per heavy atom. The Morgan fingerprint density at radius 3 is 2.43 bits per heavy atom. The summed E-state index contributed by atoms with van der Waals surface area (Å²) in [6.45, 7) is 8.99. The number of methoxy groups -OCH3 is 1. The number of hydrogen-bond acceptors (Lipinski definition) is 4. The van der Waals surface area contributed by atoms with Crippen LogP contribution in [0, 0.1) is 12.8 Å². The lowest BCUT2D eigenvalue weighted by molar-refractivity contribution is -0.147. The highest BCUT2D eigenvalue weighted by Gasteiger charge is 2.26. The third kappa shape index (κ3) is 7.29. The van der Waals surface area contributed by atoms with Crippen LogP contribution in [0.1, 0.15) is 90.8 Å². The number of carbonyl (C=O) groups is 2. The van der Waals surface area contributed by atoms with Crippen LogP contribution in [0.5, 0.6) is 5.75 Å². The fourth-order valence-electron chi connectivity index (χ4n) is 5.78. The number of nitrogens with one attached hydrogen (secondary N) is 1. The van der Waals surface area contributed by atoms with Crippen molar-refractivity contribution in [1.82, 2.24) is 9.88 Å². The van der Waals surface area contributed by atoms with E-state index in [0.29, 0.717) is 28.7 Å². The van der Waals surface area contributed by atoms with Crippen LogP contribution in [0.15, 0.2) is 60.7 Å². The van der Waals surface area contributed by atoms with E-state index in [4.69, 9.17) is 21.1 Å². The third-order valence-electron chi connectivity index (χ3n) is 8.71. The number of halogens is 1. The summed E-state index contributed by atoms with van der Waals surface area (Å²) in [4.78, 5) is 25.4. The number of carbonyl (C=O) groups excluding carboxylic acids is 2. The Balaban J connectivity index is 1.39. The second-order valence-corrected chi connectivity index (χ2v) is 12.5. The van der Waals surface area contributed by atoms with Crippen LogP contribution in [-0.4, -0.2) is 29.7 Å². The Kier molecular flexibility index (Phi) is 10.00. The molecule has 44 heavy (non-hydrogen) atoms. The van der Waals surface area contributed by atoms with Gasteiger partial charge in [-0.2, -0.15) is 0 Å². The minimum absolute atomic E-state index is 0.0768. The van der Waals surface area contributed by atoms with E-state index < -0.39 is 12.1 Å². The number of fused-ring (bicyclic) bond motifs is 1. The maximum atomic E-state index is 13.5. The molecule has 1 N–H and O–H groups in total. The smallest absolute Gasteiger partial charge is 0.346 e. The fraction of sp³-hybridized carbons (Fsp3) is 0.405. The SMILES string of the molecule is CCCCc1ccc([C@H](C)NC(=O)c2ccc3c(Cc4ccc(Cl)c(O[C@@H](C)C(=O)OC)c4)c(C)n(CC4CC4)c3c2)cc1. The van der Waals surface area contributed by atoms with E-state index in [1.807, 2.05) is 31.2 Å². The summed E-state index contributed by atoms with van der Waals surface area (Å²) in [5, 5.41) is 4.78. The van der Waals surface area contributed by atoms with Crippen molar-refractivity contribution in [1.29, 1.82) is 0 Å². The molecule has 0 saturated heterocycles. The van der Waals surface area contributed by atoms with E-state index in [-0.39, 0.29) is 11.9 Å². The van der Waals surface area contributed by atoms with Crippen molar-refractivity contribution in [3.05, 3.63) is 99.2 Å². The molecule has 2 atom stereocenters. The molecule has 1 saturated carbocycles. The first-order chi connectivity index (χ1) is 21.2. The number of aromatic nitrogens is 1. The Labute approximate surface area is 265 Å². The van der Waals surface area contributed by atoms with Crippen molar-refractivity contribution in [2.45, 2.75) is 84.9 Å². The number of ether oxygens (including phenoxy) is 2. The van der Waals surface area contributed by atoms with Gasteiger partial charge in [0, 0.05) is 28.7 Å². The predicted molar refractivity (Wildman–Crippen MR) is 177 cm³/mol. The molecule has 6 nitrogen and oxygen atoms in total. The van der Waals surface area contributed by atoms with Crippen LogP contribution < -0.4 is 10.1 Å². The maximum absolute atomic E-state index is 13.5. The van der Waals surface area contributed by atoms with Crippen molar-refractivity contribution in [3.63, 3.8) is 0 Å². The Morgan fingerprint density at radius 1 is 1.02 bits per heavy atom. The summed E-state index contributed by atoms with van der Waals surface area (Å²) in [5.74, 6) is 0.586. The molecular weight excluding hydrogens is 572 g/mol. The lowest BCUT2D eigenvalue weighted by atomic mass is 10.0. The van der Waals surface area contributed by atoms with Crippen molar-refractivity contribution in [3.8, 4) is 5.75 Å². The molecule has 1 amide bonds. The minimum atomic E-state index is -0.771. The molecule has 0 unspecified atom stereocenters. The van der Waals surface area contributed by atoms with Crippen LogP contribution in [0.4, 0.5) is 0 Å². The summed E-state index contributed by atoms with van der Waals surface area (Å²) in [6.07, 6.45) is 5.81. The average Bonchev–Trinajstić information content (AvgIpc) is 3.82. The van der Waals surface area contributed by atoms with Crippen LogP contribution in [0.2, 0.25) is 5.02 Å². The van der Waals surface area contributed by atoms with Crippen LogP contribution in [0.25, 0.3) is 10.9 Å². The molecule has 1 heterocycles. The zero-order valence-corrected chi connectivity index (χ0v) is 27.2. The second-order valence-electron chi connectivity index (χ2n) is 12.1. The summed E-state index contributed by atoms with van der Waals surface area (Å²) in [5.41, 5.74) is 7.59. The van der Waals surface area contributed by atoms with Gasteiger partial charge in [-0.05, 0) is 105 Å². The lowest BCUT2D eigenvalue weighted by Crippen LogP contribution is -2.26. The maximum Gasteiger partial charge on any atom is 0.346 e. The summed E-state index contributed by atoms with van der Waals surface area (Å²) >= 11 is 6.41. The Bertz CT molecular complexity index is 1640. The third-order valence-corrected chi connectivity index (χ3v) is 9.03. The quantitative estimate of drug-likeness (QED) is 0.154. The highest BCUT2D eigenvalue weighted by atomic mass is 35.5. The van der Waals surface area contributed by atoms with Crippen LogP contribution >= 0.6 is 11.6 Å². The van der Waals surface area contributed by atoms with Gasteiger partial charge < -0.3 is 19.4 Å². The van der Waals surface area contributed by atoms with E-state index in [2.05, 4.69) is 54.1 Å². The molecule has 0 spiro atoms. The molecule has 0 bridgehead atoms. The first kappa shape index (κ1) is 31.6. The number of amides is 1. The summed E-state index contributed by atoms with van der Waals surface area (Å²) in [7, 11) is 1.34. The van der Waals surface area contributed by atoms with Crippen molar-refractivity contribution < 1.29 is 19.1 Å². The number of unbranched alkanes of at least 4 members (excludes halogenated alkanes) is 1. The van der Waals surface area contributed by atoms with Crippen molar-refractivity contribution in [2.75, 3.05) is 7.11 Å². The van der Waals surface area contributed by atoms with Gasteiger partial charge in [0.15, 0.2) is 6.10 Å². The van der Waals surface area contributed by atoms with Crippen molar-refractivity contribution in [2.24, 2.45) is 5.92 Å². The number of esters is 1. The standard InChI is InChI=1S/C37H43ClN2O4/c1-6-7-8-26-11-14-29(15-12-26)23(2)39-36(41)30-16-17-31-32(24(3)40(34(31)21-30)22-27-9-10-27)19-28-13-18-33(38)35(20-28)44-25(4)37(42)43-5/h11-18,20-21,23,25,27H,6-10,19,22H2,1-5H3,(H,39,41)/t23-,25-/m0/s1. The molecule has 0 radical (unpaired) electrons. The van der Waals surface area contributed by atoms with E-state index in [1.165, 1.54) is 49.6 Å². The fourth-order valence-corrected chi connectivity index (χ4v) is 5.94. The molecule has 0 aliphatic heterocycles. The molecular formula is C37H43ClN2O4. The largest absolute Gasteiger partial charge is 0.477 e. The zero-order valence-electron chi connectivity index (χ0n) is 26.4. The summed E-state index contributed by atoms with van der Waals surface area (Å²) < 4.78 is 13.0. The number of benzene rings is 3. The van der Waals surface area contributed by atoms with Gasteiger partial charge in [0.05, 0.1) is 18.2 Å². The first-order valence-electron chi connectivity index (χ1n) is 15.7. The molecule has 1 aliphatic carbocycles. The van der Waals surface area contributed by atoms with Gasteiger partial charge in [-0.15, -0.1) is 0 Å². The van der Waals surface area contributed by atoms with Gasteiger partial charge in [-0.25, -0.2) is 4.79 Å². The normalized spacial score (nSPS) is 14.3. The molecule has 1 aromatic heterocycles. The number of rotatable bonds is 13. The van der Waals surface area contributed by atoms with Crippen molar-refractivity contribution >= 4 is 34.4 Å². The van der Waals surface area contributed by atoms with Crippen LogP contribution in [-0.2, 0) is 28.9 Å². The van der Waals surface area contributed by atoms with E-state index in [1.54, 1.807) is 13.0 Å². The molecule has 4 aromatic rings. The molecule has 3 aromatic carbocycles. The second kappa shape index (κ2) is 13.9. The molecule has 232 valence electrons. The lowest BCUT2D eigenvalue weighted by Gasteiger charge is -2.15. The van der Waals surface area contributed by atoms with Gasteiger partial charge in [0.25, 0.3) is 5.91 Å². The number of hydrogen-bond donors (Lipinski definition) is 1. The van der Waals surface area contributed by atoms with Gasteiger partial charge >= 0.3 is 5.97 Å². The summed E-state index contributed by atoms with van der Waals surface area (Å²) in [6, 6.07) is 20.2. The van der Waals surface area contributed by atoms with Gasteiger partial charge in [-0.1, -0.05) is 61.3 Å². The van der Waals surface area contributed by atoms with Gasteiger partial charge in [-0.3, -0.25) is 4.79 Å². The number of nitrogens with zero attached hydrogens (tertiary/aromatic N) is 1. The highest BCUT2D eigenvalue weighted by Crippen LogP contribution is 2.36. The van der Waals surface area contributed by atoms with E-state index in [9.17, 15) is 9.59 Å². The van der Waals surface area contributed by atoms with Gasteiger partial charge in [0.1, 0.15) is 5.75 Å². The molecule has 5 rings (SSSR count).